The predicted molar refractivity (Wildman–Crippen MR) is 101 cm³/mol. The Morgan fingerprint density at radius 3 is 2.54 bits per heavy atom. The third-order valence-electron chi connectivity index (χ3n) is 4.57. The molecule has 0 bridgehead atoms. The highest BCUT2D eigenvalue weighted by Crippen LogP contribution is 2.24. The minimum absolute atomic E-state index is 0.110. The van der Waals surface area contributed by atoms with Gasteiger partial charge in [0, 0.05) is 44.1 Å². The maximum absolute atomic E-state index is 13.0. The monoisotopic (exact) mass is 423 g/mol. The molecule has 0 atom stereocenters. The highest BCUT2D eigenvalue weighted by atomic mass is 32.2. The van der Waals surface area contributed by atoms with E-state index in [1.807, 2.05) is 4.90 Å². The van der Waals surface area contributed by atoms with E-state index in [1.165, 1.54) is 34.2 Å². The zero-order valence-corrected chi connectivity index (χ0v) is 16.7. The van der Waals surface area contributed by atoms with E-state index in [0.29, 0.717) is 38.4 Å². The van der Waals surface area contributed by atoms with E-state index in [-0.39, 0.29) is 16.5 Å². The van der Waals surface area contributed by atoms with E-state index in [0.717, 1.165) is 10.7 Å². The number of sulfonamides is 1. The molecule has 0 N–H and O–H groups in total. The lowest BCUT2D eigenvalue weighted by Crippen LogP contribution is -2.48. The van der Waals surface area contributed by atoms with Crippen LogP contribution < -0.4 is 4.90 Å². The van der Waals surface area contributed by atoms with Crippen molar-refractivity contribution >= 4 is 26.7 Å². The quantitative estimate of drug-likeness (QED) is 0.620. The third kappa shape index (κ3) is 3.77. The first-order chi connectivity index (χ1) is 13.4. The first-order valence-electron chi connectivity index (χ1n) is 8.67. The summed E-state index contributed by atoms with van der Waals surface area (Å²) in [6.07, 6.45) is 1.77. The zero-order valence-electron chi connectivity index (χ0n) is 15.1. The largest absolute Gasteiger partial charge is 0.360 e. The Labute approximate surface area is 165 Å². The van der Waals surface area contributed by atoms with Gasteiger partial charge in [0.25, 0.3) is 0 Å². The van der Waals surface area contributed by atoms with Crippen LogP contribution in [0.3, 0.4) is 0 Å². The number of hydrogen-bond donors (Lipinski definition) is 0. The van der Waals surface area contributed by atoms with Gasteiger partial charge in [-0.2, -0.15) is 8.68 Å². The molecule has 2 aromatic heterocycles. The van der Waals surface area contributed by atoms with Crippen LogP contribution in [0.15, 0.2) is 39.9 Å². The Bertz CT molecular complexity index is 1060. The van der Waals surface area contributed by atoms with Crippen LogP contribution in [0.4, 0.5) is 9.52 Å². The van der Waals surface area contributed by atoms with Gasteiger partial charge in [0.05, 0.1) is 6.20 Å². The van der Waals surface area contributed by atoms with Crippen LogP contribution in [0.1, 0.15) is 17.1 Å². The molecule has 3 aromatic rings. The lowest BCUT2D eigenvalue weighted by Gasteiger charge is -2.33. The summed E-state index contributed by atoms with van der Waals surface area (Å²) >= 11 is 1.29. The third-order valence-corrected chi connectivity index (χ3v) is 7.37. The lowest BCUT2D eigenvalue weighted by atomic mass is 10.1. The van der Waals surface area contributed by atoms with E-state index in [4.69, 9.17) is 4.52 Å². The summed E-state index contributed by atoms with van der Waals surface area (Å²) in [6, 6.07) is 6.26. The van der Waals surface area contributed by atoms with Crippen molar-refractivity contribution in [1.82, 2.24) is 18.8 Å². The van der Waals surface area contributed by atoms with Crippen LogP contribution in [0, 0.1) is 12.7 Å². The average molecular weight is 423 g/mol. The van der Waals surface area contributed by atoms with E-state index in [2.05, 4.69) is 14.5 Å². The van der Waals surface area contributed by atoms with Crippen LogP contribution in [0.25, 0.3) is 0 Å². The van der Waals surface area contributed by atoms with Crippen molar-refractivity contribution in [2.24, 2.45) is 0 Å². The normalized spacial score (nSPS) is 15.9. The van der Waals surface area contributed by atoms with Crippen LogP contribution in [0.2, 0.25) is 0 Å². The fourth-order valence-corrected chi connectivity index (χ4v) is 5.26. The number of aryl methyl sites for hydroxylation is 1. The Morgan fingerprint density at radius 2 is 1.89 bits per heavy atom. The molecule has 8 nitrogen and oxygen atoms in total. The van der Waals surface area contributed by atoms with Gasteiger partial charge in [-0.15, -0.1) is 0 Å². The highest BCUT2D eigenvalue weighted by Gasteiger charge is 2.32. The first-order valence-corrected chi connectivity index (χ1v) is 10.9. The fourth-order valence-electron chi connectivity index (χ4n) is 3.03. The summed E-state index contributed by atoms with van der Waals surface area (Å²) in [6.45, 7) is 3.32. The van der Waals surface area contributed by atoms with Crippen LogP contribution in [-0.2, 0) is 16.4 Å². The van der Waals surface area contributed by atoms with Gasteiger partial charge >= 0.3 is 0 Å². The molecule has 0 amide bonds. The van der Waals surface area contributed by atoms with Gasteiger partial charge in [-0.1, -0.05) is 17.3 Å². The number of piperazine rings is 1. The maximum atomic E-state index is 13.0. The molecule has 1 aromatic carbocycles. The van der Waals surface area contributed by atoms with E-state index in [1.54, 1.807) is 19.1 Å². The van der Waals surface area contributed by atoms with Crippen LogP contribution in [0.5, 0.6) is 0 Å². The number of aromatic nitrogens is 3. The van der Waals surface area contributed by atoms with Gasteiger partial charge in [0.1, 0.15) is 16.5 Å². The van der Waals surface area contributed by atoms with Crippen molar-refractivity contribution in [3.63, 3.8) is 0 Å². The van der Waals surface area contributed by atoms with Crippen LogP contribution >= 0.6 is 11.5 Å². The van der Waals surface area contributed by atoms with E-state index >= 15 is 0 Å². The number of anilines is 1. The molecule has 148 valence electrons. The second-order valence-corrected chi connectivity index (χ2v) is 9.07. The minimum Gasteiger partial charge on any atom is -0.360 e. The zero-order chi connectivity index (χ0) is 19.7. The lowest BCUT2D eigenvalue weighted by molar-refractivity contribution is 0.378. The molecule has 0 aliphatic carbocycles. The molecule has 1 saturated heterocycles. The van der Waals surface area contributed by atoms with Crippen molar-refractivity contribution in [2.45, 2.75) is 18.2 Å². The van der Waals surface area contributed by atoms with Gasteiger partial charge < -0.3 is 9.42 Å². The number of halogens is 1. The maximum Gasteiger partial charge on any atom is 0.248 e. The summed E-state index contributed by atoms with van der Waals surface area (Å²) in [5, 5.41) is 4.32. The Morgan fingerprint density at radius 1 is 1.18 bits per heavy atom. The van der Waals surface area contributed by atoms with Crippen molar-refractivity contribution in [1.29, 1.82) is 0 Å². The van der Waals surface area contributed by atoms with Gasteiger partial charge in [-0.3, -0.25) is 0 Å². The molecule has 0 spiro atoms. The van der Waals surface area contributed by atoms with E-state index < -0.39 is 10.0 Å². The number of benzene rings is 1. The summed E-state index contributed by atoms with van der Waals surface area (Å²) < 4.78 is 49.1. The molecule has 0 unspecified atom stereocenters. The van der Waals surface area contributed by atoms with Gasteiger partial charge in [0.2, 0.25) is 15.2 Å². The molecule has 3 heterocycles. The fraction of sp³-hybridized carbons (Fsp3) is 0.353. The highest BCUT2D eigenvalue weighted by molar-refractivity contribution is 7.89. The molecule has 1 fully saturated rings. The number of nitrogens with zero attached hydrogens (tertiary/aromatic N) is 5. The summed E-state index contributed by atoms with van der Waals surface area (Å²) in [4.78, 5) is 6.69. The molecule has 4 rings (SSSR count). The van der Waals surface area contributed by atoms with Gasteiger partial charge in [0.15, 0.2) is 5.76 Å². The second-order valence-electron chi connectivity index (χ2n) is 6.43. The van der Waals surface area contributed by atoms with Gasteiger partial charge in [-0.05, 0) is 24.6 Å². The smallest absolute Gasteiger partial charge is 0.248 e. The summed E-state index contributed by atoms with van der Waals surface area (Å²) in [5.74, 6) is 0.684. The van der Waals surface area contributed by atoms with Gasteiger partial charge in [-0.25, -0.2) is 17.8 Å². The topological polar surface area (TPSA) is 92.4 Å². The Balaban J connectivity index is 1.40. The molecule has 1 aliphatic heterocycles. The van der Waals surface area contributed by atoms with Crippen molar-refractivity contribution in [3.8, 4) is 0 Å². The molecule has 0 saturated carbocycles. The first kappa shape index (κ1) is 19.0. The average Bonchev–Trinajstić information content (AvgIpc) is 3.33. The predicted octanol–water partition coefficient (Wildman–Crippen LogP) is 2.08. The van der Waals surface area contributed by atoms with Crippen LogP contribution in [-0.4, -0.2) is 53.4 Å². The standard InChI is InChI=1S/C17H18FN5O3S2/c1-12-15(11-19-26-12)28(24,25)23-8-6-22(7-9-23)17-20-16(21-27-17)10-13-2-4-14(18)5-3-13/h2-5,11H,6-10H2,1H3. The summed E-state index contributed by atoms with van der Waals surface area (Å²) in [7, 11) is -3.61. The van der Waals surface area contributed by atoms with E-state index in [9.17, 15) is 12.8 Å². The number of hydrogen-bond acceptors (Lipinski definition) is 8. The molecule has 0 radical (unpaired) electrons. The Hall–Kier alpha value is -2.37. The summed E-state index contributed by atoms with van der Waals surface area (Å²) in [5.41, 5.74) is 0.936. The van der Waals surface area contributed by atoms with Crippen molar-refractivity contribution in [3.05, 3.63) is 53.4 Å². The number of rotatable bonds is 5. The molecule has 28 heavy (non-hydrogen) atoms. The SMILES string of the molecule is Cc1oncc1S(=O)(=O)N1CCN(c2nc(Cc3ccc(F)cc3)ns2)CC1. The van der Waals surface area contributed by atoms with Crippen molar-refractivity contribution in [2.75, 3.05) is 31.1 Å². The van der Waals surface area contributed by atoms with Crippen molar-refractivity contribution < 1.29 is 17.3 Å². The second kappa shape index (κ2) is 7.57. The molecular formula is C17H18FN5O3S2. The molecule has 11 heteroatoms. The minimum atomic E-state index is -3.61. The molecule has 1 aliphatic rings. The molecular weight excluding hydrogens is 405 g/mol. The Kier molecular flexibility index (Phi) is 5.13.